The summed E-state index contributed by atoms with van der Waals surface area (Å²) < 4.78 is 0. The van der Waals surface area contributed by atoms with Gasteiger partial charge in [0.15, 0.2) is 0 Å². The van der Waals surface area contributed by atoms with Crippen molar-refractivity contribution in [2.75, 3.05) is 7.05 Å². The zero-order chi connectivity index (χ0) is 18.2. The van der Waals surface area contributed by atoms with Gasteiger partial charge in [0.1, 0.15) is 0 Å². The second-order valence-electron chi connectivity index (χ2n) is 4.49. The fraction of sp³-hybridized carbons (Fsp3) is 0.333. The Hall–Kier alpha value is -2.94. The summed E-state index contributed by atoms with van der Waals surface area (Å²) >= 11 is 0. The molecule has 24 heavy (non-hydrogen) atoms. The molecule has 0 heterocycles. The van der Waals surface area contributed by atoms with E-state index in [4.69, 9.17) is 16.7 Å². The monoisotopic (exact) mass is 334 g/mol. The van der Waals surface area contributed by atoms with Crippen LogP contribution in [0.5, 0.6) is 0 Å². The number of hydrogen-bond donors (Lipinski definition) is 5. The third-order valence-corrected chi connectivity index (χ3v) is 2.56. The summed E-state index contributed by atoms with van der Waals surface area (Å²) in [6.07, 6.45) is 5.73. The van der Waals surface area contributed by atoms with Crippen molar-refractivity contribution in [3.63, 3.8) is 0 Å². The highest BCUT2D eigenvalue weighted by Crippen LogP contribution is 2.00. The lowest BCUT2D eigenvalue weighted by molar-refractivity contribution is 0.232. The molecule has 0 aliphatic heterocycles. The van der Waals surface area contributed by atoms with E-state index in [0.29, 0.717) is 0 Å². The molecular formula is C15H26N8O. The largest absolute Gasteiger partial charge is 0.369 e. The Labute approximate surface area is 142 Å². The molecule has 9 nitrogen and oxygen atoms in total. The van der Waals surface area contributed by atoms with Crippen molar-refractivity contribution in [1.82, 2.24) is 10.9 Å². The van der Waals surface area contributed by atoms with E-state index in [0.717, 1.165) is 11.1 Å². The quantitative estimate of drug-likeness (QED) is 0.309. The van der Waals surface area contributed by atoms with Crippen LogP contribution in [0.1, 0.15) is 37.8 Å². The normalized spacial score (nSPS) is 12.2. The average Bonchev–Trinajstić information content (AvgIpc) is 2.62. The molecule has 1 rings (SSSR count). The maximum atomic E-state index is 8.39. The highest BCUT2D eigenvalue weighted by atomic mass is 16.5. The van der Waals surface area contributed by atoms with Crippen molar-refractivity contribution in [3.8, 4) is 0 Å². The van der Waals surface area contributed by atoms with Crippen LogP contribution in [0.15, 0.2) is 44.6 Å². The lowest BCUT2D eigenvalue weighted by Gasteiger charge is -1.97. The van der Waals surface area contributed by atoms with E-state index in [1.165, 1.54) is 19.1 Å². The molecule has 1 aromatic carbocycles. The van der Waals surface area contributed by atoms with Crippen LogP contribution in [0.4, 0.5) is 0 Å². The van der Waals surface area contributed by atoms with Gasteiger partial charge in [0.05, 0.1) is 12.4 Å². The summed E-state index contributed by atoms with van der Waals surface area (Å²) in [7, 11) is 1.56. The Morgan fingerprint density at radius 3 is 2.04 bits per heavy atom. The number of benzene rings is 1. The molecule has 9 heteroatoms. The molecule has 7 N–H and O–H groups in total. The van der Waals surface area contributed by atoms with Gasteiger partial charge in [0.2, 0.25) is 11.9 Å². The van der Waals surface area contributed by atoms with Crippen LogP contribution >= 0.6 is 0 Å². The maximum absolute atomic E-state index is 8.39. The number of nitrogens with one attached hydrogen (secondary N) is 2. The molecule has 132 valence electrons. The SMILES string of the molecule is CCCC.CN=C(N)N/N=C/c1ccc(/C=N/N=C(\N)NO)cc1. The van der Waals surface area contributed by atoms with Crippen LogP contribution in [0.3, 0.4) is 0 Å². The fourth-order valence-corrected chi connectivity index (χ4v) is 1.07. The molecule has 0 saturated heterocycles. The number of unbranched alkanes of at least 4 members (excludes halogenated alkanes) is 1. The minimum absolute atomic E-state index is 0.189. The highest BCUT2D eigenvalue weighted by molar-refractivity contribution is 5.85. The summed E-state index contributed by atoms with van der Waals surface area (Å²) in [6, 6.07) is 7.31. The van der Waals surface area contributed by atoms with Gasteiger partial charge < -0.3 is 11.5 Å². The summed E-state index contributed by atoms with van der Waals surface area (Å²) in [5.74, 6) is 0.0456. The zero-order valence-corrected chi connectivity index (χ0v) is 14.3. The Bertz CT molecular complexity index is 561. The minimum atomic E-state index is -0.189. The number of guanidine groups is 2. The maximum Gasteiger partial charge on any atom is 0.237 e. The van der Waals surface area contributed by atoms with Crippen molar-refractivity contribution in [1.29, 1.82) is 0 Å². The Kier molecular flexibility index (Phi) is 12.0. The Balaban J connectivity index is 0.00000118. The smallest absolute Gasteiger partial charge is 0.237 e. The fourth-order valence-electron chi connectivity index (χ4n) is 1.07. The van der Waals surface area contributed by atoms with E-state index in [2.05, 4.69) is 39.6 Å². The number of hydroxylamine groups is 1. The van der Waals surface area contributed by atoms with Gasteiger partial charge in [-0.3, -0.25) is 10.2 Å². The van der Waals surface area contributed by atoms with Crippen LogP contribution in [0.25, 0.3) is 0 Å². The first-order valence-electron chi connectivity index (χ1n) is 7.45. The number of nitrogens with two attached hydrogens (primary N) is 2. The lowest BCUT2D eigenvalue weighted by atomic mass is 10.2. The molecule has 0 aliphatic rings. The van der Waals surface area contributed by atoms with Crippen LogP contribution in [-0.2, 0) is 0 Å². The van der Waals surface area contributed by atoms with E-state index in [1.54, 1.807) is 18.7 Å². The summed E-state index contributed by atoms with van der Waals surface area (Å²) in [5, 5.41) is 19.4. The minimum Gasteiger partial charge on any atom is -0.369 e. The van der Waals surface area contributed by atoms with Gasteiger partial charge in [-0.2, -0.15) is 10.2 Å². The zero-order valence-electron chi connectivity index (χ0n) is 14.3. The molecule has 0 fully saturated rings. The number of hydrazone groups is 1. The Morgan fingerprint density at radius 2 is 1.58 bits per heavy atom. The van der Waals surface area contributed by atoms with E-state index >= 15 is 0 Å². The second kappa shape index (κ2) is 13.7. The predicted molar refractivity (Wildman–Crippen MR) is 99.4 cm³/mol. The topological polar surface area (TPSA) is 146 Å². The van der Waals surface area contributed by atoms with E-state index in [1.807, 2.05) is 24.3 Å². The summed E-state index contributed by atoms with van der Waals surface area (Å²) in [4.78, 5) is 3.70. The van der Waals surface area contributed by atoms with Crippen molar-refractivity contribution < 1.29 is 5.21 Å². The van der Waals surface area contributed by atoms with Gasteiger partial charge in [-0.1, -0.05) is 51.0 Å². The third-order valence-electron chi connectivity index (χ3n) is 2.56. The second-order valence-corrected chi connectivity index (χ2v) is 4.49. The predicted octanol–water partition coefficient (Wildman–Crippen LogP) is 0.988. The molecule has 0 atom stereocenters. The highest BCUT2D eigenvalue weighted by Gasteiger charge is 1.90. The molecular weight excluding hydrogens is 308 g/mol. The number of nitrogens with zero attached hydrogens (tertiary/aromatic N) is 4. The average molecular weight is 334 g/mol. The van der Waals surface area contributed by atoms with Crippen molar-refractivity contribution in [2.45, 2.75) is 26.7 Å². The number of rotatable bonds is 5. The van der Waals surface area contributed by atoms with Gasteiger partial charge in [-0.15, -0.1) is 5.10 Å². The molecule has 0 bridgehead atoms. The third kappa shape index (κ3) is 10.7. The van der Waals surface area contributed by atoms with E-state index < -0.39 is 0 Å². The molecule has 0 radical (unpaired) electrons. The first-order valence-corrected chi connectivity index (χ1v) is 7.45. The molecule has 0 aliphatic carbocycles. The molecule has 0 unspecified atom stereocenters. The van der Waals surface area contributed by atoms with Crippen molar-refractivity contribution in [2.24, 2.45) is 31.8 Å². The molecule has 0 amide bonds. The van der Waals surface area contributed by atoms with Crippen molar-refractivity contribution in [3.05, 3.63) is 35.4 Å². The van der Waals surface area contributed by atoms with Gasteiger partial charge in [-0.25, -0.2) is 10.9 Å². The van der Waals surface area contributed by atoms with E-state index in [9.17, 15) is 0 Å². The van der Waals surface area contributed by atoms with E-state index in [-0.39, 0.29) is 11.9 Å². The van der Waals surface area contributed by atoms with Gasteiger partial charge in [0.25, 0.3) is 0 Å². The lowest BCUT2D eigenvalue weighted by Crippen LogP contribution is -2.27. The van der Waals surface area contributed by atoms with Gasteiger partial charge in [0, 0.05) is 7.05 Å². The summed E-state index contributed by atoms with van der Waals surface area (Å²) in [5.41, 5.74) is 16.5. The van der Waals surface area contributed by atoms with Crippen LogP contribution in [0, 0.1) is 0 Å². The van der Waals surface area contributed by atoms with Gasteiger partial charge in [-0.05, 0) is 11.1 Å². The van der Waals surface area contributed by atoms with Gasteiger partial charge >= 0.3 is 0 Å². The number of aliphatic imine (C=N–C) groups is 1. The molecule has 0 spiro atoms. The van der Waals surface area contributed by atoms with Crippen LogP contribution < -0.4 is 22.4 Å². The first-order chi connectivity index (χ1) is 11.6. The Morgan fingerprint density at radius 1 is 1.04 bits per heavy atom. The van der Waals surface area contributed by atoms with Crippen LogP contribution in [0.2, 0.25) is 0 Å². The van der Waals surface area contributed by atoms with Crippen molar-refractivity contribution >= 4 is 24.3 Å². The number of hydrogen-bond acceptors (Lipinski definition) is 5. The molecule has 0 saturated carbocycles. The van der Waals surface area contributed by atoms with Crippen LogP contribution in [-0.4, -0.2) is 36.6 Å². The first kappa shape index (κ1) is 21.1. The standard InChI is InChI=1S/C11H16N8O.C4H10/c1-14-10(12)17-15-6-8-2-4-9(5-3-8)7-16-18-11(13)19-20;1-3-4-2/h2-7,20H,1H3,(H3,12,14,17)(H3,13,18,19);3-4H2,1-2H3/b15-6+,16-7+;. The molecule has 1 aromatic rings. The summed E-state index contributed by atoms with van der Waals surface area (Å²) in [6.45, 7) is 4.36. The molecule has 0 aromatic heterocycles.